The van der Waals surface area contributed by atoms with Gasteiger partial charge in [0.1, 0.15) is 6.10 Å². The molecule has 2 heterocycles. The number of amides is 2. The highest BCUT2D eigenvalue weighted by Crippen LogP contribution is 2.66. The van der Waals surface area contributed by atoms with Crippen LogP contribution in [0, 0.1) is 5.92 Å². The number of rotatable bonds is 6. The number of ether oxygens (including phenoxy) is 1. The van der Waals surface area contributed by atoms with Crippen molar-refractivity contribution in [3.05, 3.63) is 64.7 Å². The molecule has 0 unspecified atom stereocenters. The lowest BCUT2D eigenvalue weighted by atomic mass is 9.48. The van der Waals surface area contributed by atoms with Gasteiger partial charge in [-0.1, -0.05) is 24.3 Å². The average molecular weight is 530 g/mol. The zero-order valence-electron chi connectivity index (χ0n) is 22.4. The first-order valence-electron chi connectivity index (χ1n) is 14.1. The van der Waals surface area contributed by atoms with Gasteiger partial charge in [0.2, 0.25) is 5.91 Å². The predicted octanol–water partition coefficient (Wildman–Crippen LogP) is 3.03. The standard InChI is InChI=1S/C31H35N3O5/c1-17(2)32-28(36)21-15-31(38)23-14-19-10-11-22(35)26-25(19)30(31,12-13-34(23)16-18-8-9-18)27(39-26)24(21)29(37)33-20-6-4-3-5-7-20/h3-7,10-11,17-18,23,27,35,38H,8-9,12-16H2,1-2H3,(H,32,36)(H,33,37)/t23-,27+,30+,31-/m1/s1. The Balaban J connectivity index is 1.42. The zero-order chi connectivity index (χ0) is 27.1. The summed E-state index contributed by atoms with van der Waals surface area (Å²) in [5.41, 5.74) is 0.677. The van der Waals surface area contributed by atoms with E-state index in [1.807, 2.05) is 38.1 Å². The van der Waals surface area contributed by atoms with E-state index in [1.165, 1.54) is 12.8 Å². The fourth-order valence-corrected chi connectivity index (χ4v) is 7.72. The number of hydrogen-bond acceptors (Lipinski definition) is 6. The first kappa shape index (κ1) is 24.7. The summed E-state index contributed by atoms with van der Waals surface area (Å²) < 4.78 is 6.53. The molecule has 2 aromatic carbocycles. The number of nitrogens with one attached hydrogen (secondary N) is 2. The SMILES string of the molecule is CC(C)NC(=O)C1=C(C(=O)Nc2ccccc2)[C@@H]2Oc3c(O)ccc4c3[C@@]23CCN(CC2CC2)[C@H](C4)[C@]3(O)C1. The maximum absolute atomic E-state index is 14.1. The van der Waals surface area contributed by atoms with E-state index < -0.39 is 23.0 Å². The molecule has 5 aliphatic rings. The van der Waals surface area contributed by atoms with Crippen LogP contribution in [0.3, 0.4) is 0 Å². The number of aromatic hydroxyl groups is 1. The quantitative estimate of drug-likeness (QED) is 0.458. The Bertz CT molecular complexity index is 1400. The Morgan fingerprint density at radius 3 is 2.62 bits per heavy atom. The molecule has 39 heavy (non-hydrogen) atoms. The van der Waals surface area contributed by atoms with Crippen molar-refractivity contribution in [2.24, 2.45) is 5.92 Å². The number of likely N-dealkylation sites (tertiary alicyclic amines) is 1. The fraction of sp³-hybridized carbons (Fsp3) is 0.484. The van der Waals surface area contributed by atoms with Crippen molar-refractivity contribution in [2.75, 3.05) is 18.4 Å². The monoisotopic (exact) mass is 529 g/mol. The molecule has 4 N–H and O–H groups in total. The third kappa shape index (κ3) is 3.50. The van der Waals surface area contributed by atoms with Crippen LogP contribution in [-0.2, 0) is 21.4 Å². The number of para-hydroxylation sites is 1. The Morgan fingerprint density at radius 1 is 1.13 bits per heavy atom. The summed E-state index contributed by atoms with van der Waals surface area (Å²) in [5, 5.41) is 29.7. The number of anilines is 1. The molecule has 3 aliphatic carbocycles. The number of benzene rings is 2. The molecule has 204 valence electrons. The Labute approximate surface area is 228 Å². The van der Waals surface area contributed by atoms with Crippen molar-refractivity contribution >= 4 is 17.5 Å². The molecule has 7 rings (SSSR count). The first-order valence-corrected chi connectivity index (χ1v) is 14.1. The fourth-order valence-electron chi connectivity index (χ4n) is 7.72. The van der Waals surface area contributed by atoms with Crippen molar-refractivity contribution in [1.29, 1.82) is 0 Å². The molecule has 4 atom stereocenters. The maximum atomic E-state index is 14.1. The number of phenols is 1. The second-order valence-corrected chi connectivity index (χ2v) is 12.3. The summed E-state index contributed by atoms with van der Waals surface area (Å²) in [6, 6.07) is 12.3. The third-order valence-corrected chi connectivity index (χ3v) is 9.52. The molecule has 2 fully saturated rings. The van der Waals surface area contributed by atoms with E-state index in [4.69, 9.17) is 4.74 Å². The third-order valence-electron chi connectivity index (χ3n) is 9.52. The number of carbonyl (C=O) groups excluding carboxylic acids is 2. The van der Waals surface area contributed by atoms with Crippen LogP contribution < -0.4 is 15.4 Å². The van der Waals surface area contributed by atoms with E-state index in [1.54, 1.807) is 18.2 Å². The lowest BCUT2D eigenvalue weighted by Crippen LogP contribution is -2.76. The van der Waals surface area contributed by atoms with Crippen LogP contribution in [-0.4, -0.2) is 63.8 Å². The van der Waals surface area contributed by atoms with Gasteiger partial charge in [-0.15, -0.1) is 0 Å². The molecule has 8 nitrogen and oxygen atoms in total. The predicted molar refractivity (Wildman–Crippen MR) is 146 cm³/mol. The molecule has 8 heteroatoms. The number of aliphatic hydroxyl groups is 1. The first-order chi connectivity index (χ1) is 18.7. The average Bonchev–Trinajstić information content (AvgIpc) is 3.64. The van der Waals surface area contributed by atoms with Gasteiger partial charge in [-0.3, -0.25) is 14.5 Å². The van der Waals surface area contributed by atoms with Gasteiger partial charge in [-0.25, -0.2) is 0 Å². The molecule has 0 aromatic heterocycles. The van der Waals surface area contributed by atoms with Crippen molar-refractivity contribution < 1.29 is 24.5 Å². The Hall–Kier alpha value is -3.36. The lowest BCUT2D eigenvalue weighted by Gasteiger charge is -2.63. The topological polar surface area (TPSA) is 111 Å². The van der Waals surface area contributed by atoms with E-state index in [0.717, 1.165) is 24.2 Å². The molecular formula is C31H35N3O5. The second kappa shape index (κ2) is 8.57. The molecule has 1 saturated heterocycles. The van der Waals surface area contributed by atoms with E-state index in [0.29, 0.717) is 30.2 Å². The van der Waals surface area contributed by atoms with E-state index in [2.05, 4.69) is 15.5 Å². The number of nitrogens with zero attached hydrogens (tertiary/aromatic N) is 1. The summed E-state index contributed by atoms with van der Waals surface area (Å²) in [6.45, 7) is 5.44. The van der Waals surface area contributed by atoms with Crippen molar-refractivity contribution in [3.8, 4) is 11.5 Å². The smallest absolute Gasteiger partial charge is 0.255 e. The van der Waals surface area contributed by atoms with Crippen LogP contribution in [0.2, 0.25) is 0 Å². The van der Waals surface area contributed by atoms with Gasteiger partial charge in [0.25, 0.3) is 5.91 Å². The highest BCUT2D eigenvalue weighted by atomic mass is 16.5. The van der Waals surface area contributed by atoms with Crippen LogP contribution in [0.15, 0.2) is 53.6 Å². The van der Waals surface area contributed by atoms with Gasteiger partial charge in [0.05, 0.1) is 16.6 Å². The molecule has 0 radical (unpaired) electrons. The molecule has 1 spiro atoms. The number of hydrogen-bond donors (Lipinski definition) is 4. The van der Waals surface area contributed by atoms with E-state index >= 15 is 0 Å². The van der Waals surface area contributed by atoms with Crippen LogP contribution in [0.25, 0.3) is 0 Å². The number of carbonyl (C=O) groups is 2. The van der Waals surface area contributed by atoms with Crippen LogP contribution in [0.4, 0.5) is 5.69 Å². The van der Waals surface area contributed by atoms with E-state index in [-0.39, 0.29) is 41.3 Å². The lowest BCUT2D eigenvalue weighted by molar-refractivity contribution is -0.168. The summed E-state index contributed by atoms with van der Waals surface area (Å²) in [4.78, 5) is 30.2. The second-order valence-electron chi connectivity index (χ2n) is 12.3. The highest BCUT2D eigenvalue weighted by molar-refractivity contribution is 6.12. The Kier molecular flexibility index (Phi) is 5.42. The minimum Gasteiger partial charge on any atom is -0.504 e. The summed E-state index contributed by atoms with van der Waals surface area (Å²) in [7, 11) is 0. The number of piperidine rings is 1. The summed E-state index contributed by atoms with van der Waals surface area (Å²) in [6.07, 6.45) is 2.73. The normalized spacial score (nSPS) is 30.6. The number of phenolic OH excluding ortho intramolecular Hbond substituents is 1. The van der Waals surface area contributed by atoms with Crippen molar-refractivity contribution in [1.82, 2.24) is 10.2 Å². The Morgan fingerprint density at radius 2 is 1.90 bits per heavy atom. The van der Waals surface area contributed by atoms with Crippen LogP contribution >= 0.6 is 0 Å². The van der Waals surface area contributed by atoms with E-state index in [9.17, 15) is 19.8 Å². The van der Waals surface area contributed by atoms with Gasteiger partial charge >= 0.3 is 0 Å². The van der Waals surface area contributed by atoms with Gasteiger partial charge in [0, 0.05) is 41.9 Å². The molecule has 2 amide bonds. The molecule has 2 bridgehead atoms. The van der Waals surface area contributed by atoms with Gasteiger partial charge < -0.3 is 25.6 Å². The van der Waals surface area contributed by atoms with Gasteiger partial charge in [0.15, 0.2) is 11.5 Å². The molecular weight excluding hydrogens is 494 g/mol. The van der Waals surface area contributed by atoms with Crippen molar-refractivity contribution in [2.45, 2.75) is 75.2 Å². The summed E-state index contributed by atoms with van der Waals surface area (Å²) >= 11 is 0. The van der Waals surface area contributed by atoms with Gasteiger partial charge in [-0.2, -0.15) is 0 Å². The summed E-state index contributed by atoms with van der Waals surface area (Å²) in [5.74, 6) is 0.182. The maximum Gasteiger partial charge on any atom is 0.255 e. The largest absolute Gasteiger partial charge is 0.504 e. The van der Waals surface area contributed by atoms with Crippen LogP contribution in [0.1, 0.15) is 50.7 Å². The highest BCUT2D eigenvalue weighted by Gasteiger charge is 2.73. The minimum atomic E-state index is -1.34. The zero-order valence-corrected chi connectivity index (χ0v) is 22.4. The minimum absolute atomic E-state index is 0.00488. The van der Waals surface area contributed by atoms with Crippen molar-refractivity contribution in [3.63, 3.8) is 0 Å². The van der Waals surface area contributed by atoms with Crippen LogP contribution in [0.5, 0.6) is 11.5 Å². The van der Waals surface area contributed by atoms with Gasteiger partial charge in [-0.05, 0) is 75.8 Å². The molecule has 1 saturated carbocycles. The molecule has 2 aliphatic heterocycles. The molecule has 2 aromatic rings.